The van der Waals surface area contributed by atoms with Crippen LogP contribution in [0.4, 0.5) is 5.69 Å². The number of nitrogens with zero attached hydrogens (tertiary/aromatic N) is 2. The van der Waals surface area contributed by atoms with Crippen molar-refractivity contribution in [3.05, 3.63) is 88.9 Å². The van der Waals surface area contributed by atoms with E-state index in [0.29, 0.717) is 22.9 Å². The SMILES string of the molecule is CCCCNC(=O)[C@@H](C)N(Cc1cccc(Cl)c1)C(=O)CN(c1ccc(OC)cc1)S(=O)(=O)c1ccc(C)cc1. The molecule has 0 aliphatic heterocycles. The number of aryl methyl sites for hydroxylation is 1. The zero-order valence-corrected chi connectivity index (χ0v) is 24.8. The van der Waals surface area contributed by atoms with Gasteiger partial charge in [0.2, 0.25) is 11.8 Å². The standard InChI is InChI=1S/C30H36ClN3O5S/c1-5-6-18-32-30(36)23(3)33(20-24-8-7-9-25(31)19-24)29(35)21-34(26-12-14-27(39-4)15-13-26)40(37,38)28-16-10-22(2)11-17-28/h7-17,19,23H,5-6,18,20-21H2,1-4H3,(H,32,36)/t23-/m1/s1. The first kappa shape index (κ1) is 31.0. The van der Waals surface area contributed by atoms with Gasteiger partial charge < -0.3 is 15.0 Å². The number of amides is 2. The molecule has 0 aromatic heterocycles. The van der Waals surface area contributed by atoms with Crippen LogP contribution < -0.4 is 14.4 Å². The number of unbranched alkanes of at least 4 members (excludes halogenated alkanes) is 1. The molecule has 3 rings (SSSR count). The molecule has 0 unspecified atom stereocenters. The van der Waals surface area contributed by atoms with E-state index in [4.69, 9.17) is 16.3 Å². The minimum atomic E-state index is -4.14. The molecule has 0 saturated heterocycles. The van der Waals surface area contributed by atoms with Crippen molar-refractivity contribution in [3.63, 3.8) is 0 Å². The second-order valence-electron chi connectivity index (χ2n) is 9.49. The molecule has 0 heterocycles. The second-order valence-corrected chi connectivity index (χ2v) is 11.8. The average molecular weight is 586 g/mol. The summed E-state index contributed by atoms with van der Waals surface area (Å²) < 4.78 is 34.0. The summed E-state index contributed by atoms with van der Waals surface area (Å²) in [6.45, 7) is 5.56. The topological polar surface area (TPSA) is 96.0 Å². The summed E-state index contributed by atoms with van der Waals surface area (Å²) in [7, 11) is -2.62. The first-order valence-electron chi connectivity index (χ1n) is 13.1. The van der Waals surface area contributed by atoms with E-state index < -0.39 is 28.5 Å². The predicted molar refractivity (Wildman–Crippen MR) is 158 cm³/mol. The summed E-state index contributed by atoms with van der Waals surface area (Å²) >= 11 is 6.18. The minimum Gasteiger partial charge on any atom is -0.497 e. The fourth-order valence-electron chi connectivity index (χ4n) is 4.07. The predicted octanol–water partition coefficient (Wildman–Crippen LogP) is 5.19. The maximum Gasteiger partial charge on any atom is 0.264 e. The van der Waals surface area contributed by atoms with Gasteiger partial charge in [0.25, 0.3) is 10.0 Å². The highest BCUT2D eigenvalue weighted by molar-refractivity contribution is 7.92. The van der Waals surface area contributed by atoms with Crippen molar-refractivity contribution in [1.82, 2.24) is 10.2 Å². The number of rotatable bonds is 13. The third-order valence-electron chi connectivity index (χ3n) is 6.49. The van der Waals surface area contributed by atoms with E-state index in [0.717, 1.165) is 22.7 Å². The van der Waals surface area contributed by atoms with E-state index in [1.54, 1.807) is 67.6 Å². The number of nitrogens with one attached hydrogen (secondary N) is 1. The summed E-state index contributed by atoms with van der Waals surface area (Å²) in [5.74, 6) is -0.312. The van der Waals surface area contributed by atoms with Gasteiger partial charge in [-0.3, -0.25) is 13.9 Å². The van der Waals surface area contributed by atoms with E-state index in [1.807, 2.05) is 13.8 Å². The quantitative estimate of drug-likeness (QED) is 0.279. The Kier molecular flexibility index (Phi) is 11.0. The van der Waals surface area contributed by atoms with Gasteiger partial charge in [0.15, 0.2) is 0 Å². The Balaban J connectivity index is 2.00. The molecule has 3 aromatic rings. The van der Waals surface area contributed by atoms with Gasteiger partial charge in [0.1, 0.15) is 18.3 Å². The lowest BCUT2D eigenvalue weighted by Crippen LogP contribution is -2.51. The molecule has 0 aliphatic carbocycles. The highest BCUT2D eigenvalue weighted by atomic mass is 35.5. The van der Waals surface area contributed by atoms with Crippen LogP contribution in [-0.2, 0) is 26.2 Å². The Morgan fingerprint density at radius 3 is 2.30 bits per heavy atom. The van der Waals surface area contributed by atoms with Crippen LogP contribution in [0.2, 0.25) is 5.02 Å². The number of carbonyl (C=O) groups is 2. The van der Waals surface area contributed by atoms with Gasteiger partial charge in [0.05, 0.1) is 17.7 Å². The number of carbonyl (C=O) groups excluding carboxylic acids is 2. The van der Waals surface area contributed by atoms with Crippen LogP contribution in [0.5, 0.6) is 5.75 Å². The summed E-state index contributed by atoms with van der Waals surface area (Å²) in [6, 6.07) is 19.0. The number of hydrogen-bond acceptors (Lipinski definition) is 5. The molecule has 10 heteroatoms. The monoisotopic (exact) mass is 585 g/mol. The summed E-state index contributed by atoms with van der Waals surface area (Å²) in [6.07, 6.45) is 1.72. The number of ether oxygens (including phenoxy) is 1. The van der Waals surface area contributed by atoms with E-state index >= 15 is 0 Å². The number of halogens is 1. The van der Waals surface area contributed by atoms with E-state index in [-0.39, 0.29) is 23.0 Å². The summed E-state index contributed by atoms with van der Waals surface area (Å²) in [4.78, 5) is 28.4. The summed E-state index contributed by atoms with van der Waals surface area (Å²) in [5, 5.41) is 3.36. The Morgan fingerprint density at radius 2 is 1.70 bits per heavy atom. The number of anilines is 1. The van der Waals surface area contributed by atoms with Crippen molar-refractivity contribution < 1.29 is 22.7 Å². The zero-order chi connectivity index (χ0) is 29.3. The van der Waals surface area contributed by atoms with Gasteiger partial charge in [-0.15, -0.1) is 0 Å². The van der Waals surface area contributed by atoms with E-state index in [1.165, 1.54) is 24.1 Å². The molecule has 8 nitrogen and oxygen atoms in total. The van der Waals surface area contributed by atoms with E-state index in [9.17, 15) is 18.0 Å². The molecule has 40 heavy (non-hydrogen) atoms. The lowest BCUT2D eigenvalue weighted by atomic mass is 10.1. The first-order chi connectivity index (χ1) is 19.1. The Bertz CT molecular complexity index is 1400. The molecule has 1 N–H and O–H groups in total. The Hall–Kier alpha value is -3.56. The summed E-state index contributed by atoms with van der Waals surface area (Å²) in [5.41, 5.74) is 1.91. The highest BCUT2D eigenvalue weighted by Crippen LogP contribution is 2.27. The third-order valence-corrected chi connectivity index (χ3v) is 8.51. The number of methoxy groups -OCH3 is 1. The average Bonchev–Trinajstić information content (AvgIpc) is 2.94. The van der Waals surface area contributed by atoms with Crippen molar-refractivity contribution in [3.8, 4) is 5.75 Å². The van der Waals surface area contributed by atoms with Crippen molar-refractivity contribution >= 4 is 39.1 Å². The van der Waals surface area contributed by atoms with Crippen molar-refractivity contribution in [2.24, 2.45) is 0 Å². The molecular weight excluding hydrogens is 550 g/mol. The van der Waals surface area contributed by atoms with Gasteiger partial charge in [-0.2, -0.15) is 0 Å². The van der Waals surface area contributed by atoms with Crippen LogP contribution in [-0.4, -0.2) is 51.4 Å². The van der Waals surface area contributed by atoms with Crippen LogP contribution >= 0.6 is 11.6 Å². The lowest BCUT2D eigenvalue weighted by molar-refractivity contribution is -0.139. The maximum atomic E-state index is 13.9. The smallest absolute Gasteiger partial charge is 0.264 e. The van der Waals surface area contributed by atoms with Crippen LogP contribution in [0.1, 0.15) is 37.8 Å². The Labute approximate surface area is 241 Å². The minimum absolute atomic E-state index is 0.0495. The van der Waals surface area contributed by atoms with Crippen LogP contribution in [0.25, 0.3) is 0 Å². The van der Waals surface area contributed by atoms with Crippen molar-refractivity contribution in [2.45, 2.75) is 51.1 Å². The molecule has 0 spiro atoms. The van der Waals surface area contributed by atoms with Crippen molar-refractivity contribution in [1.29, 1.82) is 0 Å². The largest absolute Gasteiger partial charge is 0.497 e. The number of benzene rings is 3. The first-order valence-corrected chi connectivity index (χ1v) is 14.9. The third kappa shape index (κ3) is 7.99. The molecule has 0 aliphatic rings. The molecule has 2 amide bonds. The number of sulfonamides is 1. The number of hydrogen-bond donors (Lipinski definition) is 1. The molecule has 214 valence electrons. The molecular formula is C30H36ClN3O5S. The van der Waals surface area contributed by atoms with Crippen LogP contribution in [0, 0.1) is 6.92 Å². The van der Waals surface area contributed by atoms with Crippen molar-refractivity contribution in [2.75, 3.05) is 24.5 Å². The lowest BCUT2D eigenvalue weighted by Gasteiger charge is -2.32. The molecule has 0 radical (unpaired) electrons. The molecule has 0 fully saturated rings. The molecule has 0 saturated carbocycles. The van der Waals surface area contributed by atoms with Gasteiger partial charge in [-0.05, 0) is 74.4 Å². The van der Waals surface area contributed by atoms with Gasteiger partial charge in [-0.25, -0.2) is 8.42 Å². The fraction of sp³-hybridized carbons (Fsp3) is 0.333. The second kappa shape index (κ2) is 14.2. The van der Waals surface area contributed by atoms with Crippen LogP contribution in [0.3, 0.4) is 0 Å². The highest BCUT2D eigenvalue weighted by Gasteiger charge is 2.32. The fourth-order valence-corrected chi connectivity index (χ4v) is 5.69. The molecule has 1 atom stereocenters. The van der Waals surface area contributed by atoms with Gasteiger partial charge >= 0.3 is 0 Å². The normalized spacial score (nSPS) is 11.9. The Morgan fingerprint density at radius 1 is 1.02 bits per heavy atom. The van der Waals surface area contributed by atoms with Gasteiger partial charge in [-0.1, -0.05) is 54.8 Å². The molecule has 3 aromatic carbocycles. The maximum absolute atomic E-state index is 13.9. The van der Waals surface area contributed by atoms with Gasteiger partial charge in [0, 0.05) is 18.1 Å². The molecule has 0 bridgehead atoms. The zero-order valence-electron chi connectivity index (χ0n) is 23.3. The van der Waals surface area contributed by atoms with Crippen LogP contribution in [0.15, 0.2) is 77.7 Å². The van der Waals surface area contributed by atoms with E-state index in [2.05, 4.69) is 5.32 Å².